The van der Waals surface area contributed by atoms with Gasteiger partial charge in [-0.2, -0.15) is 0 Å². The predicted molar refractivity (Wildman–Crippen MR) is 80.2 cm³/mol. The Balaban J connectivity index is 1.80. The molecule has 0 aliphatic carbocycles. The van der Waals surface area contributed by atoms with Crippen LogP contribution in [0.25, 0.3) is 10.8 Å². The zero-order chi connectivity index (χ0) is 13.9. The van der Waals surface area contributed by atoms with E-state index >= 15 is 0 Å². The molecule has 0 bridgehead atoms. The van der Waals surface area contributed by atoms with Gasteiger partial charge in [-0.3, -0.25) is 4.68 Å². The third-order valence-electron chi connectivity index (χ3n) is 3.53. The summed E-state index contributed by atoms with van der Waals surface area (Å²) in [6.07, 6.45) is 1.93. The molecule has 1 N–H and O–H groups in total. The van der Waals surface area contributed by atoms with Gasteiger partial charge < -0.3 is 5.32 Å². The minimum Gasteiger partial charge on any atom is -0.304 e. The van der Waals surface area contributed by atoms with Crippen LogP contribution in [-0.2, 0) is 13.6 Å². The van der Waals surface area contributed by atoms with Crippen molar-refractivity contribution in [1.29, 1.82) is 0 Å². The maximum Gasteiger partial charge on any atom is 0.0964 e. The molecule has 3 rings (SSSR count). The summed E-state index contributed by atoms with van der Waals surface area (Å²) in [5.41, 5.74) is 2.27. The van der Waals surface area contributed by atoms with Gasteiger partial charge in [-0.25, -0.2) is 0 Å². The van der Waals surface area contributed by atoms with Gasteiger partial charge in [0.2, 0.25) is 0 Å². The minimum absolute atomic E-state index is 0.267. The summed E-state index contributed by atoms with van der Waals surface area (Å²) in [5.74, 6) is 0. The molecule has 0 spiro atoms. The summed E-state index contributed by atoms with van der Waals surface area (Å²) in [7, 11) is 1.88. The lowest BCUT2D eigenvalue weighted by atomic mass is 10.00. The lowest BCUT2D eigenvalue weighted by Gasteiger charge is -2.15. The van der Waals surface area contributed by atoms with Gasteiger partial charge in [0.1, 0.15) is 0 Å². The Kier molecular flexibility index (Phi) is 3.48. The van der Waals surface area contributed by atoms with E-state index in [1.807, 2.05) is 13.2 Å². The van der Waals surface area contributed by atoms with Crippen molar-refractivity contribution in [2.75, 3.05) is 0 Å². The van der Waals surface area contributed by atoms with E-state index < -0.39 is 0 Å². The second kappa shape index (κ2) is 5.43. The molecule has 3 aromatic rings. The number of benzene rings is 2. The average molecular weight is 266 g/mol. The molecule has 1 heterocycles. The van der Waals surface area contributed by atoms with Gasteiger partial charge in [-0.05, 0) is 23.3 Å². The smallest absolute Gasteiger partial charge is 0.0964 e. The Morgan fingerprint density at radius 1 is 1.15 bits per heavy atom. The van der Waals surface area contributed by atoms with Crippen molar-refractivity contribution in [3.05, 3.63) is 59.9 Å². The van der Waals surface area contributed by atoms with Gasteiger partial charge in [-0.1, -0.05) is 47.7 Å². The second-order valence-electron chi connectivity index (χ2n) is 5.05. The Bertz CT molecular complexity index is 712. The van der Waals surface area contributed by atoms with Gasteiger partial charge in [0.25, 0.3) is 0 Å². The zero-order valence-electron chi connectivity index (χ0n) is 11.7. The van der Waals surface area contributed by atoms with Crippen LogP contribution in [0.3, 0.4) is 0 Å². The molecule has 0 aliphatic rings. The molecule has 2 aromatic carbocycles. The number of hydrogen-bond donors (Lipinski definition) is 1. The number of nitrogens with one attached hydrogen (secondary N) is 1. The maximum absolute atomic E-state index is 4.09. The fourth-order valence-corrected chi connectivity index (χ4v) is 2.47. The fourth-order valence-electron chi connectivity index (χ4n) is 2.47. The van der Waals surface area contributed by atoms with Crippen molar-refractivity contribution in [2.45, 2.75) is 19.5 Å². The molecular formula is C16H18N4. The summed E-state index contributed by atoms with van der Waals surface area (Å²) in [4.78, 5) is 0. The highest BCUT2D eigenvalue weighted by Gasteiger charge is 2.09. The SMILES string of the molecule is CC(NCc1cn(C)nn1)c1cccc2ccccc12. The topological polar surface area (TPSA) is 42.7 Å². The maximum atomic E-state index is 4.09. The molecule has 4 heteroatoms. The van der Waals surface area contributed by atoms with Crippen molar-refractivity contribution in [1.82, 2.24) is 20.3 Å². The van der Waals surface area contributed by atoms with Crippen LogP contribution in [0.15, 0.2) is 48.7 Å². The number of aromatic nitrogens is 3. The van der Waals surface area contributed by atoms with Crippen LogP contribution >= 0.6 is 0 Å². The molecule has 0 fully saturated rings. The highest BCUT2D eigenvalue weighted by Crippen LogP contribution is 2.24. The molecule has 0 amide bonds. The van der Waals surface area contributed by atoms with E-state index in [1.54, 1.807) is 4.68 Å². The third-order valence-corrected chi connectivity index (χ3v) is 3.53. The monoisotopic (exact) mass is 266 g/mol. The van der Waals surface area contributed by atoms with Crippen molar-refractivity contribution >= 4 is 10.8 Å². The van der Waals surface area contributed by atoms with Crippen molar-refractivity contribution in [3.63, 3.8) is 0 Å². The summed E-state index contributed by atoms with van der Waals surface area (Å²) in [5, 5.41) is 14.1. The molecule has 1 aromatic heterocycles. The van der Waals surface area contributed by atoms with Crippen LogP contribution in [0.4, 0.5) is 0 Å². The van der Waals surface area contributed by atoms with Crippen molar-refractivity contribution in [3.8, 4) is 0 Å². The van der Waals surface area contributed by atoms with Gasteiger partial charge in [0.05, 0.1) is 5.69 Å². The standard InChI is InChI=1S/C16H18N4/c1-12(17-10-14-11-20(2)19-18-14)15-9-5-7-13-6-3-4-8-16(13)15/h3-9,11-12,17H,10H2,1-2H3. The average Bonchev–Trinajstić information content (AvgIpc) is 2.90. The molecule has 0 saturated carbocycles. The van der Waals surface area contributed by atoms with Crippen molar-refractivity contribution < 1.29 is 0 Å². The summed E-state index contributed by atoms with van der Waals surface area (Å²) < 4.78 is 1.72. The molecule has 0 radical (unpaired) electrons. The zero-order valence-corrected chi connectivity index (χ0v) is 11.7. The lowest BCUT2D eigenvalue weighted by Crippen LogP contribution is -2.18. The predicted octanol–water partition coefficient (Wildman–Crippen LogP) is 2.82. The number of fused-ring (bicyclic) bond motifs is 1. The van der Waals surface area contributed by atoms with Crippen LogP contribution in [0.5, 0.6) is 0 Å². The molecule has 102 valence electrons. The molecule has 20 heavy (non-hydrogen) atoms. The normalized spacial score (nSPS) is 12.7. The van der Waals surface area contributed by atoms with Crippen LogP contribution in [-0.4, -0.2) is 15.0 Å². The van der Waals surface area contributed by atoms with Gasteiger partial charge in [0, 0.05) is 25.8 Å². The van der Waals surface area contributed by atoms with Crippen molar-refractivity contribution in [2.24, 2.45) is 7.05 Å². The first-order valence-electron chi connectivity index (χ1n) is 6.80. The largest absolute Gasteiger partial charge is 0.304 e. The van der Waals surface area contributed by atoms with Crippen LogP contribution < -0.4 is 5.32 Å². The Morgan fingerprint density at radius 3 is 2.75 bits per heavy atom. The number of aryl methyl sites for hydroxylation is 1. The molecule has 1 unspecified atom stereocenters. The first-order chi connectivity index (χ1) is 9.74. The Hall–Kier alpha value is -2.20. The van der Waals surface area contributed by atoms with E-state index in [2.05, 4.69) is 65.0 Å². The molecule has 0 saturated heterocycles. The molecule has 0 aliphatic heterocycles. The highest BCUT2D eigenvalue weighted by atomic mass is 15.4. The highest BCUT2D eigenvalue weighted by molar-refractivity contribution is 5.86. The number of hydrogen-bond acceptors (Lipinski definition) is 3. The van der Waals surface area contributed by atoms with Gasteiger partial charge >= 0.3 is 0 Å². The lowest BCUT2D eigenvalue weighted by molar-refractivity contribution is 0.570. The molecule has 4 nitrogen and oxygen atoms in total. The van der Waals surface area contributed by atoms with Crippen LogP contribution in [0, 0.1) is 0 Å². The van der Waals surface area contributed by atoms with Crippen LogP contribution in [0.2, 0.25) is 0 Å². The summed E-state index contributed by atoms with van der Waals surface area (Å²) in [6.45, 7) is 2.90. The van der Waals surface area contributed by atoms with Gasteiger partial charge in [0.15, 0.2) is 0 Å². The number of nitrogens with zero attached hydrogens (tertiary/aromatic N) is 3. The second-order valence-corrected chi connectivity index (χ2v) is 5.05. The first kappa shape index (κ1) is 12.8. The molecule has 1 atom stereocenters. The van der Waals surface area contributed by atoms with Crippen LogP contribution in [0.1, 0.15) is 24.2 Å². The van der Waals surface area contributed by atoms with E-state index in [1.165, 1.54) is 16.3 Å². The molecular weight excluding hydrogens is 248 g/mol. The fraction of sp³-hybridized carbons (Fsp3) is 0.250. The number of rotatable bonds is 4. The van der Waals surface area contributed by atoms with E-state index in [9.17, 15) is 0 Å². The Morgan fingerprint density at radius 2 is 1.95 bits per heavy atom. The third kappa shape index (κ3) is 2.56. The van der Waals surface area contributed by atoms with E-state index in [-0.39, 0.29) is 6.04 Å². The Labute approximate surface area is 118 Å². The summed E-state index contributed by atoms with van der Waals surface area (Å²) in [6, 6.07) is 15.2. The van der Waals surface area contributed by atoms with E-state index in [0.717, 1.165) is 12.2 Å². The van der Waals surface area contributed by atoms with E-state index in [4.69, 9.17) is 0 Å². The summed E-state index contributed by atoms with van der Waals surface area (Å²) >= 11 is 0. The quantitative estimate of drug-likeness (QED) is 0.789. The first-order valence-corrected chi connectivity index (χ1v) is 6.80. The van der Waals surface area contributed by atoms with E-state index in [0.29, 0.717) is 0 Å². The van der Waals surface area contributed by atoms with Gasteiger partial charge in [-0.15, -0.1) is 5.10 Å². The minimum atomic E-state index is 0.267.